The van der Waals surface area contributed by atoms with Gasteiger partial charge in [-0.1, -0.05) is 0 Å². The molecule has 26 heavy (non-hydrogen) atoms. The van der Waals surface area contributed by atoms with Crippen LogP contribution in [0.25, 0.3) is 0 Å². The second kappa shape index (κ2) is 7.74. The SMILES string of the molecule is O=C(NCC1CCOCC1)c1nc(C2CC2)cnc1Nc1cncnc1. The Balaban J connectivity index is 1.51. The maximum absolute atomic E-state index is 12.8. The summed E-state index contributed by atoms with van der Waals surface area (Å²) >= 11 is 0. The van der Waals surface area contributed by atoms with Gasteiger partial charge in [0.15, 0.2) is 11.5 Å². The molecule has 0 radical (unpaired) electrons. The van der Waals surface area contributed by atoms with E-state index in [4.69, 9.17) is 4.74 Å². The van der Waals surface area contributed by atoms with Gasteiger partial charge >= 0.3 is 0 Å². The Morgan fingerprint density at radius 3 is 2.62 bits per heavy atom. The van der Waals surface area contributed by atoms with Gasteiger partial charge in [-0.05, 0) is 31.6 Å². The van der Waals surface area contributed by atoms with Crippen LogP contribution in [0.1, 0.15) is 47.8 Å². The molecule has 2 aromatic heterocycles. The molecule has 0 bridgehead atoms. The topological polar surface area (TPSA) is 102 Å². The average Bonchev–Trinajstić information content (AvgIpc) is 3.53. The van der Waals surface area contributed by atoms with Crippen LogP contribution in [0.3, 0.4) is 0 Å². The van der Waals surface area contributed by atoms with Gasteiger partial charge in [0, 0.05) is 25.7 Å². The van der Waals surface area contributed by atoms with Crippen LogP contribution in [-0.4, -0.2) is 45.6 Å². The van der Waals surface area contributed by atoms with Crippen molar-refractivity contribution in [2.24, 2.45) is 5.92 Å². The molecule has 0 atom stereocenters. The average molecular weight is 354 g/mol. The molecule has 2 N–H and O–H groups in total. The lowest BCUT2D eigenvalue weighted by atomic mass is 10.0. The highest BCUT2D eigenvalue weighted by molar-refractivity contribution is 5.97. The molecule has 0 aromatic carbocycles. The Hall–Kier alpha value is -2.61. The highest BCUT2D eigenvalue weighted by Gasteiger charge is 2.28. The fraction of sp³-hybridized carbons (Fsp3) is 0.500. The van der Waals surface area contributed by atoms with Gasteiger partial charge in [-0.25, -0.2) is 19.9 Å². The molecule has 3 heterocycles. The van der Waals surface area contributed by atoms with Crippen molar-refractivity contribution >= 4 is 17.4 Å². The van der Waals surface area contributed by atoms with E-state index in [0.717, 1.165) is 44.6 Å². The number of nitrogens with zero attached hydrogens (tertiary/aromatic N) is 4. The van der Waals surface area contributed by atoms with Gasteiger partial charge in [-0.15, -0.1) is 0 Å². The van der Waals surface area contributed by atoms with E-state index >= 15 is 0 Å². The second-order valence-corrected chi connectivity index (χ2v) is 6.78. The number of amides is 1. The first-order chi connectivity index (χ1) is 12.8. The summed E-state index contributed by atoms with van der Waals surface area (Å²) < 4.78 is 5.37. The zero-order valence-electron chi connectivity index (χ0n) is 14.5. The molecule has 1 saturated carbocycles. The largest absolute Gasteiger partial charge is 0.381 e. The van der Waals surface area contributed by atoms with Crippen molar-refractivity contribution < 1.29 is 9.53 Å². The predicted octanol–water partition coefficient (Wildman–Crippen LogP) is 2.04. The lowest BCUT2D eigenvalue weighted by Gasteiger charge is -2.22. The standard InChI is InChI=1S/C18H22N6O2/c25-18(22-7-12-3-5-26-6-4-12)16-17(23-14-8-19-11-20-9-14)21-10-15(24-16)13-1-2-13/h8-13H,1-7H2,(H,21,23)(H,22,25). The molecule has 1 amide bonds. The summed E-state index contributed by atoms with van der Waals surface area (Å²) in [6, 6.07) is 0. The molecule has 0 unspecified atom stereocenters. The quantitative estimate of drug-likeness (QED) is 0.818. The zero-order valence-corrected chi connectivity index (χ0v) is 14.5. The van der Waals surface area contributed by atoms with Gasteiger partial charge in [0.2, 0.25) is 0 Å². The first-order valence-corrected chi connectivity index (χ1v) is 9.04. The van der Waals surface area contributed by atoms with Gasteiger partial charge < -0.3 is 15.4 Å². The van der Waals surface area contributed by atoms with E-state index in [2.05, 4.69) is 30.6 Å². The van der Waals surface area contributed by atoms with Gasteiger partial charge in [0.05, 0.1) is 30.0 Å². The molecule has 136 valence electrons. The van der Waals surface area contributed by atoms with Crippen LogP contribution in [0.5, 0.6) is 0 Å². The maximum atomic E-state index is 12.8. The van der Waals surface area contributed by atoms with Crippen LogP contribution in [0, 0.1) is 5.92 Å². The second-order valence-electron chi connectivity index (χ2n) is 6.78. The molecule has 2 aromatic rings. The summed E-state index contributed by atoms with van der Waals surface area (Å²) in [5.41, 5.74) is 1.88. The lowest BCUT2D eigenvalue weighted by molar-refractivity contribution is 0.0642. The fourth-order valence-corrected chi connectivity index (χ4v) is 3.00. The molecule has 1 aliphatic carbocycles. The smallest absolute Gasteiger partial charge is 0.273 e. The highest BCUT2D eigenvalue weighted by atomic mass is 16.5. The van der Waals surface area contributed by atoms with Crippen LogP contribution in [0.4, 0.5) is 11.5 Å². The third-order valence-corrected chi connectivity index (χ3v) is 4.72. The molecule has 1 aliphatic heterocycles. The Labute approximate surface area is 151 Å². The van der Waals surface area contributed by atoms with E-state index in [1.165, 1.54) is 6.33 Å². The van der Waals surface area contributed by atoms with E-state index in [9.17, 15) is 4.79 Å². The first kappa shape index (κ1) is 16.8. The fourth-order valence-electron chi connectivity index (χ4n) is 3.00. The minimum absolute atomic E-state index is 0.203. The summed E-state index contributed by atoms with van der Waals surface area (Å²) in [5, 5.41) is 6.11. The Kier molecular flexibility index (Phi) is 5.01. The lowest BCUT2D eigenvalue weighted by Crippen LogP contribution is -2.33. The Morgan fingerprint density at radius 2 is 1.88 bits per heavy atom. The van der Waals surface area contributed by atoms with Gasteiger partial charge in [0.25, 0.3) is 5.91 Å². The van der Waals surface area contributed by atoms with Crippen molar-refractivity contribution in [3.05, 3.63) is 36.3 Å². The number of nitrogens with one attached hydrogen (secondary N) is 2. The number of hydrogen-bond donors (Lipinski definition) is 2. The molecule has 2 fully saturated rings. The maximum Gasteiger partial charge on any atom is 0.273 e. The number of anilines is 2. The molecule has 2 aliphatic rings. The molecule has 4 rings (SSSR count). The van der Waals surface area contributed by atoms with Crippen LogP contribution < -0.4 is 10.6 Å². The number of aromatic nitrogens is 4. The molecule has 8 nitrogen and oxygen atoms in total. The number of carbonyl (C=O) groups excluding carboxylic acids is 1. The van der Waals surface area contributed by atoms with Crippen molar-refractivity contribution in [3.8, 4) is 0 Å². The minimum Gasteiger partial charge on any atom is -0.381 e. The third-order valence-electron chi connectivity index (χ3n) is 4.72. The van der Waals surface area contributed by atoms with Gasteiger partial charge in [0.1, 0.15) is 6.33 Å². The van der Waals surface area contributed by atoms with Crippen LogP contribution in [0.2, 0.25) is 0 Å². The molecule has 8 heteroatoms. The molecule has 1 saturated heterocycles. The normalized spacial score (nSPS) is 17.7. The summed E-state index contributed by atoms with van der Waals surface area (Å²) in [5.74, 6) is 1.10. The van der Waals surface area contributed by atoms with E-state index in [1.807, 2.05) is 0 Å². The van der Waals surface area contributed by atoms with Crippen molar-refractivity contribution in [2.45, 2.75) is 31.6 Å². The van der Waals surface area contributed by atoms with Crippen molar-refractivity contribution in [3.63, 3.8) is 0 Å². The van der Waals surface area contributed by atoms with Crippen LogP contribution in [0.15, 0.2) is 24.9 Å². The number of carbonyl (C=O) groups is 1. The summed E-state index contributed by atoms with van der Waals surface area (Å²) in [4.78, 5) is 29.8. The number of ether oxygens (including phenoxy) is 1. The summed E-state index contributed by atoms with van der Waals surface area (Å²) in [6.07, 6.45) is 10.6. The van der Waals surface area contributed by atoms with Gasteiger partial charge in [-0.3, -0.25) is 4.79 Å². The number of rotatable bonds is 6. The zero-order chi connectivity index (χ0) is 17.8. The monoisotopic (exact) mass is 354 g/mol. The Morgan fingerprint density at radius 1 is 1.12 bits per heavy atom. The van der Waals surface area contributed by atoms with E-state index in [1.54, 1.807) is 18.6 Å². The summed E-state index contributed by atoms with van der Waals surface area (Å²) in [6.45, 7) is 2.15. The third kappa shape index (κ3) is 4.13. The molecule has 0 spiro atoms. The minimum atomic E-state index is -0.203. The van der Waals surface area contributed by atoms with Crippen LogP contribution in [-0.2, 0) is 4.74 Å². The first-order valence-electron chi connectivity index (χ1n) is 9.04. The van der Waals surface area contributed by atoms with Crippen molar-refractivity contribution in [1.82, 2.24) is 25.3 Å². The van der Waals surface area contributed by atoms with Crippen molar-refractivity contribution in [2.75, 3.05) is 25.1 Å². The number of hydrogen-bond acceptors (Lipinski definition) is 7. The highest BCUT2D eigenvalue weighted by Crippen LogP contribution is 2.39. The van der Waals surface area contributed by atoms with E-state index in [-0.39, 0.29) is 5.91 Å². The van der Waals surface area contributed by atoms with Crippen LogP contribution >= 0.6 is 0 Å². The Bertz CT molecular complexity index is 760. The molecular formula is C18H22N6O2. The van der Waals surface area contributed by atoms with E-state index in [0.29, 0.717) is 35.6 Å². The van der Waals surface area contributed by atoms with E-state index < -0.39 is 0 Å². The van der Waals surface area contributed by atoms with Crippen molar-refractivity contribution in [1.29, 1.82) is 0 Å². The molecular weight excluding hydrogens is 332 g/mol. The summed E-state index contributed by atoms with van der Waals surface area (Å²) in [7, 11) is 0. The van der Waals surface area contributed by atoms with Gasteiger partial charge in [-0.2, -0.15) is 0 Å². The predicted molar refractivity (Wildman–Crippen MR) is 95.2 cm³/mol.